The number of carbonyl (C=O) groups excluding carboxylic acids is 6. The molecule has 4 aromatic rings. The van der Waals surface area contributed by atoms with E-state index in [-0.39, 0.29) is 36.0 Å². The highest BCUT2D eigenvalue weighted by Crippen LogP contribution is 2.40. The molecular formula is C42H38N4O8. The van der Waals surface area contributed by atoms with Crippen LogP contribution in [0.25, 0.3) is 0 Å². The standard InChI is InChI=1S/C42H38N4O8/c1-5-53-39(51)41(3)27-33(35(47)45(41)31-23-15-9-16-24-31)43(29-19-11-7-12-20-29)37(49)38(50)44(30-21-13-8-14-22-30)34-28-42(4,40(52)54-6-2)46(36(34)48)32-25-17-10-18-26-32/h7-28H,5-6H2,1-4H3/t41-,42+. The highest BCUT2D eigenvalue weighted by Gasteiger charge is 2.54. The van der Waals surface area contributed by atoms with Crippen molar-refractivity contribution in [1.82, 2.24) is 0 Å². The zero-order valence-corrected chi connectivity index (χ0v) is 30.2. The molecule has 0 saturated heterocycles. The Labute approximate surface area is 312 Å². The van der Waals surface area contributed by atoms with Gasteiger partial charge in [-0.2, -0.15) is 0 Å². The molecule has 2 aliphatic heterocycles. The van der Waals surface area contributed by atoms with E-state index in [1.165, 1.54) is 60.1 Å². The highest BCUT2D eigenvalue weighted by atomic mass is 16.5. The van der Waals surface area contributed by atoms with Crippen LogP contribution in [0.2, 0.25) is 0 Å². The van der Waals surface area contributed by atoms with Crippen LogP contribution in [-0.2, 0) is 38.2 Å². The number of para-hydroxylation sites is 4. The summed E-state index contributed by atoms with van der Waals surface area (Å²) in [5, 5.41) is 0. The Balaban J connectivity index is 1.51. The summed E-state index contributed by atoms with van der Waals surface area (Å²) in [5.41, 5.74) is -3.05. The van der Waals surface area contributed by atoms with Crippen molar-refractivity contribution in [3.8, 4) is 0 Å². The number of benzene rings is 4. The normalized spacial score (nSPS) is 19.2. The summed E-state index contributed by atoms with van der Waals surface area (Å²) < 4.78 is 10.8. The summed E-state index contributed by atoms with van der Waals surface area (Å²) in [6.07, 6.45) is 2.61. The maximum Gasteiger partial charge on any atom is 0.336 e. The topological polar surface area (TPSA) is 134 Å². The van der Waals surface area contributed by atoms with Crippen molar-refractivity contribution in [2.24, 2.45) is 0 Å². The number of hydrogen-bond acceptors (Lipinski definition) is 8. The van der Waals surface area contributed by atoms with Gasteiger partial charge in [0.25, 0.3) is 11.8 Å². The molecule has 4 aromatic carbocycles. The Kier molecular flexibility index (Phi) is 10.3. The fourth-order valence-electron chi connectivity index (χ4n) is 6.61. The number of carbonyl (C=O) groups is 6. The monoisotopic (exact) mass is 726 g/mol. The first-order chi connectivity index (χ1) is 26.0. The third kappa shape index (κ3) is 6.42. The second kappa shape index (κ2) is 15.0. The SMILES string of the molecule is CCOC(=O)[C@]1(C)C=C(N(C(=O)C(=O)N(C2=C[C@](C)(C(=O)OCC)N(c3ccccc3)C2=O)c2ccccc2)c2ccccc2)C(=O)N1c1ccccc1. The number of nitrogens with zero attached hydrogens (tertiary/aromatic N) is 4. The van der Waals surface area contributed by atoms with Crippen LogP contribution in [0.5, 0.6) is 0 Å². The zero-order chi connectivity index (χ0) is 38.6. The van der Waals surface area contributed by atoms with Gasteiger partial charge in [0.1, 0.15) is 11.4 Å². The molecule has 0 aliphatic carbocycles. The average Bonchev–Trinajstić information content (AvgIpc) is 3.62. The Morgan fingerprint density at radius 2 is 0.815 bits per heavy atom. The van der Waals surface area contributed by atoms with Gasteiger partial charge >= 0.3 is 23.8 Å². The lowest BCUT2D eigenvalue weighted by molar-refractivity contribution is -0.148. The summed E-state index contributed by atoms with van der Waals surface area (Å²) >= 11 is 0. The molecule has 0 unspecified atom stereocenters. The largest absolute Gasteiger partial charge is 0.464 e. The van der Waals surface area contributed by atoms with Gasteiger partial charge in [0.05, 0.1) is 13.2 Å². The zero-order valence-electron chi connectivity index (χ0n) is 30.2. The number of rotatable bonds is 10. The van der Waals surface area contributed by atoms with E-state index in [0.717, 1.165) is 9.80 Å². The molecule has 0 aromatic heterocycles. The second-order valence-corrected chi connectivity index (χ2v) is 12.7. The van der Waals surface area contributed by atoms with E-state index in [4.69, 9.17) is 9.47 Å². The number of esters is 2. The van der Waals surface area contributed by atoms with Gasteiger partial charge in [-0.1, -0.05) is 72.8 Å². The molecule has 2 atom stereocenters. The first-order valence-corrected chi connectivity index (χ1v) is 17.4. The molecule has 0 fully saturated rings. The summed E-state index contributed by atoms with van der Waals surface area (Å²) in [4.78, 5) is 90.4. The summed E-state index contributed by atoms with van der Waals surface area (Å²) in [6, 6.07) is 32.9. The summed E-state index contributed by atoms with van der Waals surface area (Å²) in [6.45, 7) is 6.30. The van der Waals surface area contributed by atoms with Crippen LogP contribution < -0.4 is 19.6 Å². The Hall–Kier alpha value is -6.82. The molecule has 54 heavy (non-hydrogen) atoms. The van der Waals surface area contributed by atoms with Gasteiger partial charge in [0.2, 0.25) is 0 Å². The minimum Gasteiger partial charge on any atom is -0.464 e. The van der Waals surface area contributed by atoms with Crippen molar-refractivity contribution < 1.29 is 38.2 Å². The molecule has 0 spiro atoms. The van der Waals surface area contributed by atoms with Crippen LogP contribution in [0.4, 0.5) is 22.7 Å². The van der Waals surface area contributed by atoms with Gasteiger partial charge in [-0.3, -0.25) is 38.8 Å². The third-order valence-electron chi connectivity index (χ3n) is 9.11. The van der Waals surface area contributed by atoms with Crippen molar-refractivity contribution >= 4 is 58.3 Å². The molecule has 2 aliphatic rings. The van der Waals surface area contributed by atoms with Crippen LogP contribution in [-0.4, -0.2) is 59.9 Å². The van der Waals surface area contributed by atoms with Gasteiger partial charge in [0.15, 0.2) is 11.1 Å². The molecule has 0 radical (unpaired) electrons. The lowest BCUT2D eigenvalue weighted by Crippen LogP contribution is -2.52. The van der Waals surface area contributed by atoms with Crippen LogP contribution >= 0.6 is 0 Å². The van der Waals surface area contributed by atoms with E-state index in [0.29, 0.717) is 11.4 Å². The lowest BCUT2D eigenvalue weighted by atomic mass is 10.0. The van der Waals surface area contributed by atoms with E-state index < -0.39 is 46.6 Å². The van der Waals surface area contributed by atoms with Crippen molar-refractivity contribution in [2.75, 3.05) is 32.8 Å². The van der Waals surface area contributed by atoms with E-state index >= 15 is 0 Å². The highest BCUT2D eigenvalue weighted by molar-refractivity contribution is 6.48. The number of hydrogen-bond donors (Lipinski definition) is 0. The van der Waals surface area contributed by atoms with E-state index in [9.17, 15) is 28.8 Å². The maximum absolute atomic E-state index is 14.9. The van der Waals surface area contributed by atoms with E-state index in [1.807, 2.05) is 0 Å². The van der Waals surface area contributed by atoms with Crippen LogP contribution in [0, 0.1) is 0 Å². The first-order valence-electron chi connectivity index (χ1n) is 17.4. The van der Waals surface area contributed by atoms with Gasteiger partial charge in [-0.25, -0.2) is 9.59 Å². The molecule has 4 amide bonds. The third-order valence-corrected chi connectivity index (χ3v) is 9.11. The minimum absolute atomic E-state index is 0.0220. The average molecular weight is 727 g/mol. The molecule has 0 N–H and O–H groups in total. The summed E-state index contributed by atoms with van der Waals surface area (Å²) in [7, 11) is 0. The van der Waals surface area contributed by atoms with Gasteiger partial charge < -0.3 is 9.47 Å². The van der Waals surface area contributed by atoms with Crippen molar-refractivity contribution in [3.63, 3.8) is 0 Å². The number of ether oxygens (including phenoxy) is 2. The maximum atomic E-state index is 14.9. The predicted octanol–water partition coefficient (Wildman–Crippen LogP) is 5.56. The van der Waals surface area contributed by atoms with Crippen LogP contribution in [0.3, 0.4) is 0 Å². The van der Waals surface area contributed by atoms with E-state index in [1.54, 1.807) is 111 Å². The van der Waals surface area contributed by atoms with Crippen LogP contribution in [0.1, 0.15) is 27.7 Å². The second-order valence-electron chi connectivity index (χ2n) is 12.7. The molecule has 2 heterocycles. The minimum atomic E-state index is -1.72. The predicted molar refractivity (Wildman–Crippen MR) is 202 cm³/mol. The van der Waals surface area contributed by atoms with Gasteiger partial charge in [-0.15, -0.1) is 0 Å². The quantitative estimate of drug-likeness (QED) is 0.153. The molecule has 6 rings (SSSR count). The molecule has 274 valence electrons. The number of amides is 4. The number of anilines is 4. The fourth-order valence-corrected chi connectivity index (χ4v) is 6.61. The van der Waals surface area contributed by atoms with Crippen molar-refractivity contribution in [2.45, 2.75) is 38.8 Å². The lowest BCUT2D eigenvalue weighted by Gasteiger charge is -2.32. The molecule has 12 heteroatoms. The first kappa shape index (κ1) is 37.0. The smallest absolute Gasteiger partial charge is 0.336 e. The Morgan fingerprint density at radius 1 is 0.519 bits per heavy atom. The molecule has 0 bridgehead atoms. The summed E-state index contributed by atoms with van der Waals surface area (Å²) in [5.74, 6) is -5.47. The fraction of sp³-hybridized carbons (Fsp3) is 0.190. The Bertz CT molecular complexity index is 2000. The van der Waals surface area contributed by atoms with Gasteiger partial charge in [0, 0.05) is 22.7 Å². The molecule has 12 nitrogen and oxygen atoms in total. The Morgan fingerprint density at radius 3 is 1.11 bits per heavy atom. The van der Waals surface area contributed by atoms with Crippen LogP contribution in [0.15, 0.2) is 145 Å². The van der Waals surface area contributed by atoms with Crippen molar-refractivity contribution in [1.29, 1.82) is 0 Å². The molecule has 0 saturated carbocycles. The van der Waals surface area contributed by atoms with Gasteiger partial charge in [-0.05, 0) is 88.4 Å². The van der Waals surface area contributed by atoms with Crippen molar-refractivity contribution in [3.05, 3.63) is 145 Å². The van der Waals surface area contributed by atoms with E-state index in [2.05, 4.69) is 0 Å². The molecular weight excluding hydrogens is 688 g/mol.